The van der Waals surface area contributed by atoms with Gasteiger partial charge in [-0.25, -0.2) is 0 Å². The first-order valence-corrected chi connectivity index (χ1v) is 5.85. The number of hydrogen-bond donors (Lipinski definition) is 2. The van der Waals surface area contributed by atoms with E-state index < -0.39 is 5.97 Å². The Morgan fingerprint density at radius 2 is 1.81 bits per heavy atom. The first-order valence-electron chi connectivity index (χ1n) is 5.85. The van der Waals surface area contributed by atoms with Crippen molar-refractivity contribution < 1.29 is 14.7 Å². The zero-order chi connectivity index (χ0) is 11.5. The van der Waals surface area contributed by atoms with Gasteiger partial charge in [0.05, 0.1) is 5.92 Å². The van der Waals surface area contributed by atoms with E-state index in [9.17, 15) is 9.59 Å². The predicted molar refractivity (Wildman–Crippen MR) is 58.8 cm³/mol. The molecule has 0 spiro atoms. The van der Waals surface area contributed by atoms with Crippen LogP contribution in [0, 0.1) is 11.8 Å². The summed E-state index contributed by atoms with van der Waals surface area (Å²) in [5.74, 6) is -0.851. The van der Waals surface area contributed by atoms with Gasteiger partial charge in [0, 0.05) is 12.0 Å². The summed E-state index contributed by atoms with van der Waals surface area (Å²) in [6.07, 6.45) is 7.76. The first kappa shape index (κ1) is 11.2. The van der Waals surface area contributed by atoms with Crippen LogP contribution in [0.25, 0.3) is 0 Å². The highest BCUT2D eigenvalue weighted by atomic mass is 16.4. The Balaban J connectivity index is 1.78. The van der Waals surface area contributed by atoms with Crippen LogP contribution in [-0.4, -0.2) is 23.0 Å². The molecule has 2 N–H and O–H groups in total. The Bertz CT molecular complexity index is 316. The third-order valence-corrected chi connectivity index (χ3v) is 3.51. The molecule has 88 valence electrons. The van der Waals surface area contributed by atoms with Gasteiger partial charge in [0.25, 0.3) is 0 Å². The minimum absolute atomic E-state index is 0.0641. The van der Waals surface area contributed by atoms with Crippen LogP contribution in [0.15, 0.2) is 12.2 Å². The van der Waals surface area contributed by atoms with Crippen LogP contribution >= 0.6 is 0 Å². The summed E-state index contributed by atoms with van der Waals surface area (Å²) < 4.78 is 0. The molecule has 2 rings (SSSR count). The minimum Gasteiger partial charge on any atom is -0.481 e. The van der Waals surface area contributed by atoms with Crippen LogP contribution in [0.1, 0.15) is 32.1 Å². The zero-order valence-corrected chi connectivity index (χ0v) is 9.19. The predicted octanol–water partition coefficient (Wildman–Crippen LogP) is 1.32. The summed E-state index contributed by atoms with van der Waals surface area (Å²) in [4.78, 5) is 22.5. The lowest BCUT2D eigenvalue weighted by Crippen LogP contribution is -2.37. The fourth-order valence-electron chi connectivity index (χ4n) is 2.49. The summed E-state index contributed by atoms with van der Waals surface area (Å²) in [6.45, 7) is 0. The van der Waals surface area contributed by atoms with Gasteiger partial charge in [-0.05, 0) is 32.1 Å². The highest BCUT2D eigenvalue weighted by Crippen LogP contribution is 2.26. The largest absolute Gasteiger partial charge is 0.481 e. The van der Waals surface area contributed by atoms with Crippen molar-refractivity contribution in [2.45, 2.75) is 38.1 Å². The van der Waals surface area contributed by atoms with E-state index in [1.807, 2.05) is 12.2 Å². The highest BCUT2D eigenvalue weighted by molar-refractivity contribution is 5.80. The number of nitrogens with one attached hydrogen (secondary N) is 1. The van der Waals surface area contributed by atoms with Crippen LogP contribution in [-0.2, 0) is 9.59 Å². The van der Waals surface area contributed by atoms with Crippen molar-refractivity contribution in [3.05, 3.63) is 12.2 Å². The van der Waals surface area contributed by atoms with Gasteiger partial charge < -0.3 is 10.4 Å². The molecule has 0 saturated heterocycles. The smallest absolute Gasteiger partial charge is 0.306 e. The summed E-state index contributed by atoms with van der Waals surface area (Å²) >= 11 is 0. The molecule has 0 aromatic heterocycles. The summed E-state index contributed by atoms with van der Waals surface area (Å²) in [7, 11) is 0. The van der Waals surface area contributed by atoms with Gasteiger partial charge in [-0.15, -0.1) is 0 Å². The summed E-state index contributed by atoms with van der Waals surface area (Å²) in [5.41, 5.74) is 0. The molecule has 0 aromatic carbocycles. The maximum Gasteiger partial charge on any atom is 0.306 e. The van der Waals surface area contributed by atoms with E-state index in [4.69, 9.17) is 5.11 Å². The topological polar surface area (TPSA) is 66.4 Å². The van der Waals surface area contributed by atoms with Crippen molar-refractivity contribution in [1.82, 2.24) is 5.32 Å². The van der Waals surface area contributed by atoms with Crippen molar-refractivity contribution in [3.63, 3.8) is 0 Å². The lowest BCUT2D eigenvalue weighted by atomic mass is 10.1. The van der Waals surface area contributed by atoms with Crippen molar-refractivity contribution in [1.29, 1.82) is 0 Å². The first-order chi connectivity index (χ1) is 7.66. The number of rotatable bonds is 3. The van der Waals surface area contributed by atoms with E-state index in [1.165, 1.54) is 0 Å². The highest BCUT2D eigenvalue weighted by Gasteiger charge is 2.31. The average molecular weight is 223 g/mol. The molecule has 1 amide bonds. The van der Waals surface area contributed by atoms with Crippen molar-refractivity contribution >= 4 is 11.9 Å². The van der Waals surface area contributed by atoms with E-state index >= 15 is 0 Å². The molecule has 0 heterocycles. The molecule has 0 aromatic rings. The van der Waals surface area contributed by atoms with Gasteiger partial charge in [-0.2, -0.15) is 0 Å². The molecular weight excluding hydrogens is 206 g/mol. The summed E-state index contributed by atoms with van der Waals surface area (Å²) in [5, 5.41) is 11.8. The number of allylic oxidation sites excluding steroid dienone is 2. The van der Waals surface area contributed by atoms with E-state index in [2.05, 4.69) is 5.32 Å². The van der Waals surface area contributed by atoms with Gasteiger partial charge in [-0.1, -0.05) is 12.2 Å². The van der Waals surface area contributed by atoms with Crippen molar-refractivity contribution in [2.24, 2.45) is 11.8 Å². The molecule has 16 heavy (non-hydrogen) atoms. The van der Waals surface area contributed by atoms with Gasteiger partial charge in [0.1, 0.15) is 0 Å². The van der Waals surface area contributed by atoms with Gasteiger partial charge in [0.15, 0.2) is 0 Å². The normalized spacial score (nSPS) is 29.5. The van der Waals surface area contributed by atoms with Crippen LogP contribution in [0.3, 0.4) is 0 Å². The lowest BCUT2D eigenvalue weighted by molar-refractivity contribution is -0.141. The Labute approximate surface area is 94.7 Å². The Morgan fingerprint density at radius 3 is 2.38 bits per heavy atom. The van der Waals surface area contributed by atoms with Crippen LogP contribution in [0.5, 0.6) is 0 Å². The second kappa shape index (κ2) is 4.68. The zero-order valence-electron chi connectivity index (χ0n) is 9.19. The van der Waals surface area contributed by atoms with Crippen molar-refractivity contribution in [2.75, 3.05) is 0 Å². The third-order valence-electron chi connectivity index (χ3n) is 3.51. The van der Waals surface area contributed by atoms with Gasteiger partial charge in [-0.3, -0.25) is 9.59 Å². The number of aliphatic carboxylic acids is 1. The lowest BCUT2D eigenvalue weighted by Gasteiger charge is -2.15. The van der Waals surface area contributed by atoms with E-state index in [0.29, 0.717) is 12.8 Å². The van der Waals surface area contributed by atoms with Crippen LogP contribution in [0.2, 0.25) is 0 Å². The number of carboxylic acids is 1. The molecule has 0 aliphatic heterocycles. The molecule has 0 unspecified atom stereocenters. The Hall–Kier alpha value is -1.32. The Morgan fingerprint density at radius 1 is 1.12 bits per heavy atom. The molecule has 4 heteroatoms. The van der Waals surface area contributed by atoms with Gasteiger partial charge in [0.2, 0.25) is 5.91 Å². The van der Waals surface area contributed by atoms with E-state index in [1.54, 1.807) is 0 Å². The van der Waals surface area contributed by atoms with E-state index in [-0.39, 0.29) is 23.8 Å². The summed E-state index contributed by atoms with van der Waals surface area (Å²) in [6, 6.07) is 0.0641. The van der Waals surface area contributed by atoms with Gasteiger partial charge >= 0.3 is 5.97 Å². The standard InChI is InChI=1S/C12H17NO3/c14-11(8-3-1-2-4-8)13-10-6-5-9(7-10)12(15)16/h1-2,8-10H,3-7H2,(H,13,14)(H,15,16)/t9-,10+/m0/s1. The number of carbonyl (C=O) groups excluding carboxylic acids is 1. The van der Waals surface area contributed by atoms with Crippen molar-refractivity contribution in [3.8, 4) is 0 Å². The number of hydrogen-bond acceptors (Lipinski definition) is 2. The molecule has 2 atom stereocenters. The third kappa shape index (κ3) is 2.43. The number of amides is 1. The Kier molecular flexibility index (Phi) is 3.27. The minimum atomic E-state index is -0.737. The maximum absolute atomic E-state index is 11.8. The van der Waals surface area contributed by atoms with E-state index in [0.717, 1.165) is 19.3 Å². The molecule has 0 radical (unpaired) electrons. The molecule has 2 aliphatic rings. The number of carbonyl (C=O) groups is 2. The van der Waals surface area contributed by atoms with Crippen LogP contribution < -0.4 is 5.32 Å². The average Bonchev–Trinajstić information content (AvgIpc) is 2.87. The molecule has 1 saturated carbocycles. The molecule has 4 nitrogen and oxygen atoms in total. The SMILES string of the molecule is O=C(N[C@@H]1CC[C@H](C(=O)O)C1)C1CC=CC1. The fourth-order valence-corrected chi connectivity index (χ4v) is 2.49. The quantitative estimate of drug-likeness (QED) is 0.709. The second-order valence-electron chi connectivity index (χ2n) is 4.69. The molecular formula is C12H17NO3. The molecule has 0 bridgehead atoms. The second-order valence-corrected chi connectivity index (χ2v) is 4.69. The number of carboxylic acid groups (broad SMARTS) is 1. The van der Waals surface area contributed by atoms with Crippen LogP contribution in [0.4, 0.5) is 0 Å². The fraction of sp³-hybridized carbons (Fsp3) is 0.667. The monoisotopic (exact) mass is 223 g/mol. The molecule has 2 aliphatic carbocycles. The maximum atomic E-state index is 11.8. The molecule has 1 fully saturated rings.